The molecule has 0 aromatic heterocycles. The predicted molar refractivity (Wildman–Crippen MR) is 96.1 cm³/mol. The van der Waals surface area contributed by atoms with Crippen molar-refractivity contribution in [3.8, 4) is 0 Å². The summed E-state index contributed by atoms with van der Waals surface area (Å²) in [6.45, 7) is 6.44. The van der Waals surface area contributed by atoms with E-state index in [4.69, 9.17) is 4.74 Å². The average molecular weight is 348 g/mol. The van der Waals surface area contributed by atoms with Crippen LogP contribution < -0.4 is 10.9 Å². The molecule has 5 heteroatoms. The number of nitrogens with one attached hydrogen (secondary N) is 2. The lowest BCUT2D eigenvalue weighted by molar-refractivity contribution is 0.107. The third-order valence-electron chi connectivity index (χ3n) is 3.69. The van der Waals surface area contributed by atoms with Gasteiger partial charge in [-0.1, -0.05) is 38.1 Å². The van der Waals surface area contributed by atoms with Crippen molar-refractivity contribution < 1.29 is 13.5 Å². The minimum Gasteiger partial charge on any atom is -0.381 e. The molecule has 0 atom stereocenters. The largest absolute Gasteiger partial charge is 0.381 e. The van der Waals surface area contributed by atoms with Crippen LogP contribution in [0.4, 0.5) is 8.78 Å². The molecule has 0 spiro atoms. The van der Waals surface area contributed by atoms with Crippen molar-refractivity contribution in [1.82, 2.24) is 10.9 Å². The maximum absolute atomic E-state index is 13.2. The number of hydrazine groups is 1. The maximum atomic E-state index is 13.2. The Hall–Kier alpha value is -1.82. The fraction of sp³-hybridized carbons (Fsp3) is 0.400. The van der Waals surface area contributed by atoms with Crippen molar-refractivity contribution in [2.45, 2.75) is 26.3 Å². The van der Waals surface area contributed by atoms with Crippen LogP contribution in [0.5, 0.6) is 0 Å². The van der Waals surface area contributed by atoms with Crippen LogP contribution in [0, 0.1) is 17.6 Å². The topological polar surface area (TPSA) is 33.3 Å². The molecule has 0 bridgehead atoms. The van der Waals surface area contributed by atoms with Crippen LogP contribution in [-0.2, 0) is 4.74 Å². The van der Waals surface area contributed by atoms with Crippen molar-refractivity contribution >= 4 is 0 Å². The highest BCUT2D eigenvalue weighted by molar-refractivity contribution is 5.31. The quantitative estimate of drug-likeness (QED) is 0.498. The molecule has 0 aliphatic heterocycles. The molecule has 0 radical (unpaired) electrons. The van der Waals surface area contributed by atoms with Crippen molar-refractivity contribution in [2.24, 2.45) is 5.92 Å². The molecule has 0 saturated heterocycles. The average Bonchev–Trinajstić information content (AvgIpc) is 2.59. The molecular weight excluding hydrogens is 322 g/mol. The highest BCUT2D eigenvalue weighted by Crippen LogP contribution is 2.22. The summed E-state index contributed by atoms with van der Waals surface area (Å²) in [4.78, 5) is 0. The van der Waals surface area contributed by atoms with E-state index >= 15 is 0 Å². The molecule has 0 aliphatic carbocycles. The molecule has 25 heavy (non-hydrogen) atoms. The number of halogens is 2. The summed E-state index contributed by atoms with van der Waals surface area (Å²) >= 11 is 0. The third kappa shape index (κ3) is 6.90. The number of benzene rings is 2. The van der Waals surface area contributed by atoms with Crippen LogP contribution in [0.1, 0.15) is 37.4 Å². The lowest BCUT2D eigenvalue weighted by Gasteiger charge is -2.20. The van der Waals surface area contributed by atoms with Gasteiger partial charge in [0.25, 0.3) is 0 Å². The van der Waals surface area contributed by atoms with Crippen molar-refractivity contribution in [3.63, 3.8) is 0 Å². The van der Waals surface area contributed by atoms with Crippen LogP contribution in [0.25, 0.3) is 0 Å². The van der Waals surface area contributed by atoms with Crippen molar-refractivity contribution in [2.75, 3.05) is 19.8 Å². The smallest absolute Gasteiger partial charge is 0.123 e. The summed E-state index contributed by atoms with van der Waals surface area (Å²) in [5, 5.41) is 0. The van der Waals surface area contributed by atoms with E-state index < -0.39 is 0 Å². The van der Waals surface area contributed by atoms with Gasteiger partial charge in [-0.3, -0.25) is 5.43 Å². The van der Waals surface area contributed by atoms with Crippen LogP contribution in [0.2, 0.25) is 0 Å². The van der Waals surface area contributed by atoms with Gasteiger partial charge in [0.15, 0.2) is 0 Å². The van der Waals surface area contributed by atoms with E-state index in [9.17, 15) is 8.78 Å². The normalized spacial score (nSPS) is 11.4. The molecule has 0 heterocycles. The van der Waals surface area contributed by atoms with E-state index in [0.29, 0.717) is 12.5 Å². The van der Waals surface area contributed by atoms with Crippen LogP contribution >= 0.6 is 0 Å². The van der Waals surface area contributed by atoms with Crippen molar-refractivity contribution in [3.05, 3.63) is 71.3 Å². The van der Waals surface area contributed by atoms with Gasteiger partial charge in [0, 0.05) is 19.8 Å². The number of ether oxygens (including phenoxy) is 1. The second-order valence-corrected chi connectivity index (χ2v) is 6.43. The molecule has 2 rings (SSSR count). The van der Waals surface area contributed by atoms with Gasteiger partial charge in [0.1, 0.15) is 11.6 Å². The summed E-state index contributed by atoms with van der Waals surface area (Å²) < 4.78 is 31.9. The molecule has 2 aromatic rings. The molecular formula is C20H26F2N2O. The first-order chi connectivity index (χ1) is 12.1. The van der Waals surface area contributed by atoms with E-state index in [1.807, 2.05) is 0 Å². The fourth-order valence-corrected chi connectivity index (χ4v) is 2.43. The van der Waals surface area contributed by atoms with Gasteiger partial charge >= 0.3 is 0 Å². The second kappa shape index (κ2) is 10.2. The van der Waals surface area contributed by atoms with Gasteiger partial charge in [-0.2, -0.15) is 0 Å². The summed E-state index contributed by atoms with van der Waals surface area (Å²) in [6, 6.07) is 12.4. The lowest BCUT2D eigenvalue weighted by Crippen LogP contribution is -2.37. The zero-order chi connectivity index (χ0) is 18.1. The summed E-state index contributed by atoms with van der Waals surface area (Å²) in [5.74, 6) is -0.0267. The predicted octanol–water partition coefficient (Wildman–Crippen LogP) is 4.21. The molecule has 2 N–H and O–H groups in total. The Labute approximate surface area is 148 Å². The highest BCUT2D eigenvalue weighted by Gasteiger charge is 2.13. The zero-order valence-electron chi connectivity index (χ0n) is 14.8. The lowest BCUT2D eigenvalue weighted by atomic mass is 9.99. The van der Waals surface area contributed by atoms with Crippen molar-refractivity contribution in [1.29, 1.82) is 0 Å². The van der Waals surface area contributed by atoms with Gasteiger partial charge in [-0.05, 0) is 47.7 Å². The van der Waals surface area contributed by atoms with Crippen LogP contribution in [0.3, 0.4) is 0 Å². The third-order valence-corrected chi connectivity index (χ3v) is 3.69. The van der Waals surface area contributed by atoms with Gasteiger partial charge < -0.3 is 4.74 Å². The SMILES string of the molecule is CC(C)COCCCNNC(c1ccc(F)cc1)c1ccc(F)cc1. The number of hydrogen-bond donors (Lipinski definition) is 2. The monoisotopic (exact) mass is 348 g/mol. The zero-order valence-corrected chi connectivity index (χ0v) is 14.8. The first kappa shape index (κ1) is 19.5. The van der Waals surface area contributed by atoms with Crippen LogP contribution in [-0.4, -0.2) is 19.8 Å². The maximum Gasteiger partial charge on any atom is 0.123 e. The van der Waals surface area contributed by atoms with Gasteiger partial charge in [-0.15, -0.1) is 0 Å². The molecule has 136 valence electrons. The standard InChI is InChI=1S/C20H26F2N2O/c1-15(2)14-25-13-3-12-23-24-20(16-4-8-18(21)9-5-16)17-6-10-19(22)11-7-17/h4-11,15,20,23-24H,3,12-14H2,1-2H3. The molecule has 3 nitrogen and oxygen atoms in total. The Kier molecular flexibility index (Phi) is 7.98. The number of hydrogen-bond acceptors (Lipinski definition) is 3. The minimum absolute atomic E-state index is 0.196. The van der Waals surface area contributed by atoms with E-state index in [-0.39, 0.29) is 17.7 Å². The Balaban J connectivity index is 1.91. The summed E-state index contributed by atoms with van der Waals surface area (Å²) in [7, 11) is 0. The second-order valence-electron chi connectivity index (χ2n) is 6.43. The fourth-order valence-electron chi connectivity index (χ4n) is 2.43. The van der Waals surface area contributed by atoms with E-state index in [2.05, 4.69) is 24.7 Å². The Morgan fingerprint density at radius 3 is 1.88 bits per heavy atom. The summed E-state index contributed by atoms with van der Waals surface area (Å²) in [6.07, 6.45) is 0.874. The number of rotatable bonds is 10. The van der Waals surface area contributed by atoms with Gasteiger partial charge in [-0.25, -0.2) is 14.2 Å². The first-order valence-corrected chi connectivity index (χ1v) is 8.63. The van der Waals surface area contributed by atoms with Crippen LogP contribution in [0.15, 0.2) is 48.5 Å². The van der Waals surface area contributed by atoms with Gasteiger partial charge in [0.2, 0.25) is 0 Å². The van der Waals surface area contributed by atoms with E-state index in [0.717, 1.165) is 30.7 Å². The molecule has 0 fully saturated rings. The Morgan fingerprint density at radius 2 is 1.40 bits per heavy atom. The van der Waals surface area contributed by atoms with E-state index in [1.165, 1.54) is 24.3 Å². The first-order valence-electron chi connectivity index (χ1n) is 8.63. The minimum atomic E-state index is -0.281. The molecule has 0 amide bonds. The summed E-state index contributed by atoms with van der Waals surface area (Å²) in [5.41, 5.74) is 8.22. The molecule has 0 saturated carbocycles. The van der Waals surface area contributed by atoms with Gasteiger partial charge in [0.05, 0.1) is 6.04 Å². The van der Waals surface area contributed by atoms with E-state index in [1.54, 1.807) is 24.3 Å². The molecule has 0 aliphatic rings. The molecule has 2 aromatic carbocycles. The Bertz CT molecular complexity index is 569. The Morgan fingerprint density at radius 1 is 0.880 bits per heavy atom. The molecule has 0 unspecified atom stereocenters. The highest BCUT2D eigenvalue weighted by atomic mass is 19.1.